The Hall–Kier alpha value is -2.43. The molecule has 0 amide bonds. The third-order valence-electron chi connectivity index (χ3n) is 4.76. The van der Waals surface area contributed by atoms with Gasteiger partial charge in [0.1, 0.15) is 12.4 Å². The molecule has 0 fully saturated rings. The third kappa shape index (κ3) is 2.80. The Balaban J connectivity index is 1.83. The first kappa shape index (κ1) is 18.0. The zero-order valence-corrected chi connectivity index (χ0v) is 14.8. The topological polar surface area (TPSA) is 117 Å². The van der Waals surface area contributed by atoms with Gasteiger partial charge in [0.15, 0.2) is 0 Å². The quantitative estimate of drug-likeness (QED) is 0.464. The van der Waals surface area contributed by atoms with E-state index in [0.29, 0.717) is 11.1 Å². The van der Waals surface area contributed by atoms with Crippen LogP contribution in [-0.2, 0) is 4.79 Å². The van der Waals surface area contributed by atoms with Gasteiger partial charge in [0.25, 0.3) is 0 Å². The molecule has 2 aromatic carbocycles. The molecule has 1 aliphatic rings. The van der Waals surface area contributed by atoms with Crippen LogP contribution in [0.4, 0.5) is 4.39 Å². The number of nitrogens with zero attached hydrogens (tertiary/aromatic N) is 1. The Morgan fingerprint density at radius 1 is 1.22 bits per heavy atom. The number of aliphatic hydroxyl groups excluding tert-OH is 1. The number of nitrogens with one attached hydrogen (secondary N) is 1. The molecule has 1 aromatic heterocycles. The minimum atomic E-state index is -3.50. The Bertz CT molecular complexity index is 1050. The van der Waals surface area contributed by atoms with Gasteiger partial charge in [-0.15, -0.1) is 10.8 Å². The molecule has 1 aliphatic heterocycles. The molecule has 3 aromatic rings. The van der Waals surface area contributed by atoms with Crippen molar-refractivity contribution in [3.63, 3.8) is 0 Å². The predicted molar refractivity (Wildman–Crippen MR) is 99.0 cm³/mol. The maximum absolute atomic E-state index is 13.4. The highest BCUT2D eigenvalue weighted by molar-refractivity contribution is 8.22. The smallest absolute Gasteiger partial charge is 0.319 e. The van der Waals surface area contributed by atoms with Crippen molar-refractivity contribution in [1.29, 1.82) is 0 Å². The second kappa shape index (κ2) is 6.32. The summed E-state index contributed by atoms with van der Waals surface area (Å²) in [6.07, 6.45) is 1.72. The van der Waals surface area contributed by atoms with E-state index >= 15 is 0 Å². The van der Waals surface area contributed by atoms with Crippen LogP contribution in [-0.4, -0.2) is 47.7 Å². The highest BCUT2D eigenvalue weighted by Crippen LogP contribution is 2.63. The van der Waals surface area contributed by atoms with E-state index in [1.54, 1.807) is 24.4 Å². The molecule has 142 valence electrons. The monoisotopic (exact) mass is 392 g/mol. The Kier molecular flexibility index (Phi) is 4.21. The minimum Gasteiger partial charge on any atom is -0.480 e. The number of carboxylic acid groups (broad SMARTS) is 1. The number of H-pyrrole nitrogens is 1. The van der Waals surface area contributed by atoms with E-state index in [4.69, 9.17) is 5.11 Å². The van der Waals surface area contributed by atoms with E-state index in [1.165, 1.54) is 18.2 Å². The molecule has 5 N–H and O–H groups in total. The van der Waals surface area contributed by atoms with Gasteiger partial charge in [-0.05, 0) is 41.5 Å². The SMILES string of the molecule is O=C(O)CN1C(CO)c2cc(-c3c[nH]c4cc(F)ccc34)ccc2S1(O)O. The molecule has 0 aliphatic carbocycles. The van der Waals surface area contributed by atoms with Crippen LogP contribution in [0.1, 0.15) is 11.6 Å². The number of aromatic amines is 1. The summed E-state index contributed by atoms with van der Waals surface area (Å²) in [4.78, 5) is 14.3. The second-order valence-corrected chi connectivity index (χ2v) is 8.28. The number of aliphatic hydroxyl groups is 1. The fraction of sp³-hybridized carbons (Fsp3) is 0.167. The number of carbonyl (C=O) groups is 1. The van der Waals surface area contributed by atoms with Gasteiger partial charge in [-0.2, -0.15) is 4.31 Å². The van der Waals surface area contributed by atoms with Gasteiger partial charge >= 0.3 is 5.97 Å². The summed E-state index contributed by atoms with van der Waals surface area (Å²) in [7, 11) is -3.50. The number of aliphatic carboxylic acids is 1. The first-order chi connectivity index (χ1) is 12.8. The number of hydrogen-bond acceptors (Lipinski definition) is 5. The van der Waals surface area contributed by atoms with E-state index in [0.717, 1.165) is 20.8 Å². The second-order valence-electron chi connectivity index (χ2n) is 6.33. The minimum absolute atomic E-state index is 0.206. The lowest BCUT2D eigenvalue weighted by Gasteiger charge is -2.38. The molecule has 0 spiro atoms. The molecule has 7 nitrogen and oxygen atoms in total. The van der Waals surface area contributed by atoms with E-state index in [1.807, 2.05) is 0 Å². The van der Waals surface area contributed by atoms with E-state index in [2.05, 4.69) is 4.98 Å². The van der Waals surface area contributed by atoms with Gasteiger partial charge in [0.05, 0.1) is 17.5 Å². The van der Waals surface area contributed by atoms with Crippen LogP contribution in [0, 0.1) is 5.82 Å². The van der Waals surface area contributed by atoms with Gasteiger partial charge in [0, 0.05) is 22.7 Å². The zero-order chi connectivity index (χ0) is 19.3. The van der Waals surface area contributed by atoms with Gasteiger partial charge in [-0.3, -0.25) is 13.9 Å². The van der Waals surface area contributed by atoms with Gasteiger partial charge in [-0.25, -0.2) is 4.39 Å². The summed E-state index contributed by atoms with van der Waals surface area (Å²) in [5.41, 5.74) is 2.61. The van der Waals surface area contributed by atoms with Crippen molar-refractivity contribution in [2.75, 3.05) is 13.2 Å². The van der Waals surface area contributed by atoms with Crippen molar-refractivity contribution >= 4 is 27.6 Å². The molecule has 4 rings (SSSR count). The van der Waals surface area contributed by atoms with Crippen LogP contribution in [0.5, 0.6) is 0 Å². The van der Waals surface area contributed by atoms with Crippen LogP contribution in [0.15, 0.2) is 47.5 Å². The van der Waals surface area contributed by atoms with Gasteiger partial charge in [0.2, 0.25) is 0 Å². The molecule has 1 unspecified atom stereocenters. The molecular weight excluding hydrogens is 375 g/mol. The molecule has 0 radical (unpaired) electrons. The van der Waals surface area contributed by atoms with E-state index in [-0.39, 0.29) is 10.7 Å². The Labute approximate surface area is 155 Å². The van der Waals surface area contributed by atoms with E-state index < -0.39 is 35.9 Å². The van der Waals surface area contributed by atoms with Crippen LogP contribution in [0.2, 0.25) is 0 Å². The molecule has 2 heterocycles. The number of halogens is 1. The van der Waals surface area contributed by atoms with Crippen molar-refractivity contribution < 1.29 is 28.5 Å². The zero-order valence-electron chi connectivity index (χ0n) is 14.0. The molecule has 27 heavy (non-hydrogen) atoms. The number of rotatable bonds is 4. The number of benzene rings is 2. The van der Waals surface area contributed by atoms with Crippen LogP contribution in [0.3, 0.4) is 0 Å². The maximum Gasteiger partial charge on any atom is 0.319 e. The molecule has 1 atom stereocenters. The van der Waals surface area contributed by atoms with Crippen molar-refractivity contribution in [2.24, 2.45) is 0 Å². The maximum atomic E-state index is 13.4. The number of fused-ring (bicyclic) bond motifs is 2. The molecule has 9 heteroatoms. The summed E-state index contributed by atoms with van der Waals surface area (Å²) in [6.45, 7) is -1.07. The highest BCUT2D eigenvalue weighted by Gasteiger charge is 2.43. The van der Waals surface area contributed by atoms with Crippen LogP contribution >= 0.6 is 10.8 Å². The van der Waals surface area contributed by atoms with Crippen molar-refractivity contribution in [2.45, 2.75) is 10.9 Å². The van der Waals surface area contributed by atoms with Crippen molar-refractivity contribution in [3.8, 4) is 11.1 Å². The molecular formula is C18H17FN2O5S. The largest absolute Gasteiger partial charge is 0.480 e. The van der Waals surface area contributed by atoms with Gasteiger partial charge < -0.3 is 15.2 Å². The molecule has 0 bridgehead atoms. The standard InChI is InChI=1S/C18H17FN2O5S/c19-11-2-3-12-14(7-20-15(12)6-11)10-1-4-17-13(5-10)16(9-22)21(8-18(23)24)27(17,25)26/h1-7,16,20,22,25-26H,8-9H2,(H,23,24). The third-order valence-corrected chi connectivity index (χ3v) is 6.76. The number of aromatic nitrogens is 1. The summed E-state index contributed by atoms with van der Waals surface area (Å²) in [5.74, 6) is -1.58. The average Bonchev–Trinajstić information content (AvgIpc) is 3.11. The number of carboxylic acids is 1. The lowest BCUT2D eigenvalue weighted by atomic mass is 9.99. The first-order valence-electron chi connectivity index (χ1n) is 8.11. The molecule has 0 saturated heterocycles. The average molecular weight is 392 g/mol. The van der Waals surface area contributed by atoms with E-state index in [9.17, 15) is 23.4 Å². The van der Waals surface area contributed by atoms with Crippen LogP contribution < -0.4 is 0 Å². The molecule has 0 saturated carbocycles. The van der Waals surface area contributed by atoms with Crippen molar-refractivity contribution in [3.05, 3.63) is 54.0 Å². The summed E-state index contributed by atoms with van der Waals surface area (Å²) in [5, 5.41) is 19.6. The fourth-order valence-corrected chi connectivity index (χ4v) is 5.38. The van der Waals surface area contributed by atoms with Crippen LogP contribution in [0.25, 0.3) is 22.0 Å². The Morgan fingerprint density at radius 2 is 2.00 bits per heavy atom. The summed E-state index contributed by atoms with van der Waals surface area (Å²) >= 11 is 0. The lowest BCUT2D eigenvalue weighted by Crippen LogP contribution is -2.32. The fourth-order valence-electron chi connectivity index (χ4n) is 3.54. The van der Waals surface area contributed by atoms with Gasteiger partial charge in [-0.1, -0.05) is 6.07 Å². The van der Waals surface area contributed by atoms with Crippen molar-refractivity contribution in [1.82, 2.24) is 9.29 Å². The lowest BCUT2D eigenvalue weighted by molar-refractivity contribution is -0.137. The highest BCUT2D eigenvalue weighted by atomic mass is 32.3. The summed E-state index contributed by atoms with van der Waals surface area (Å²) < 4.78 is 35.5. The predicted octanol–water partition coefficient (Wildman–Crippen LogP) is 3.43. The first-order valence-corrected chi connectivity index (χ1v) is 9.62. The number of hydrogen-bond donors (Lipinski definition) is 5. The normalized spacial score (nSPS) is 19.9. The summed E-state index contributed by atoms with van der Waals surface area (Å²) in [6, 6.07) is 8.48. The Morgan fingerprint density at radius 3 is 2.70 bits per heavy atom.